The number of hydrogen-bond donors (Lipinski definition) is 1. The molecule has 1 aromatic heterocycles. The molecule has 0 saturated carbocycles. The minimum absolute atomic E-state index is 0.247. The lowest BCUT2D eigenvalue weighted by Gasteiger charge is -2.16. The summed E-state index contributed by atoms with van der Waals surface area (Å²) < 4.78 is 15.5. The van der Waals surface area contributed by atoms with E-state index in [1.54, 1.807) is 62.6 Å². The highest BCUT2D eigenvalue weighted by atomic mass is 16.5. The second-order valence-electron chi connectivity index (χ2n) is 6.15. The Hall–Kier alpha value is -3.87. The topological polar surface area (TPSA) is 90.7 Å². The van der Waals surface area contributed by atoms with Gasteiger partial charge in [0.2, 0.25) is 6.10 Å². The molecule has 0 fully saturated rings. The third-order valence-corrected chi connectivity index (χ3v) is 3.96. The van der Waals surface area contributed by atoms with Crippen LogP contribution in [0, 0.1) is 6.92 Å². The lowest BCUT2D eigenvalue weighted by Crippen LogP contribution is -2.25. The second kappa shape index (κ2) is 9.36. The summed E-state index contributed by atoms with van der Waals surface area (Å²) in [7, 11) is 1.57. The molecule has 0 aliphatic carbocycles. The number of carbonyl (C=O) groups is 2. The Morgan fingerprint density at radius 3 is 2.59 bits per heavy atom. The summed E-state index contributed by atoms with van der Waals surface area (Å²) >= 11 is 0. The van der Waals surface area contributed by atoms with E-state index < -0.39 is 18.0 Å². The number of rotatable bonds is 7. The largest absolute Gasteiger partial charge is 0.497 e. The SMILES string of the molecule is COc1cccc(/C=C/C(=O)OC(C(=O)Nc2cc(C)on2)c2ccccc2)c1. The molecule has 0 aliphatic heterocycles. The molecule has 1 N–H and O–H groups in total. The smallest absolute Gasteiger partial charge is 0.331 e. The third kappa shape index (κ3) is 5.55. The van der Waals surface area contributed by atoms with Gasteiger partial charge in [0.15, 0.2) is 5.82 Å². The number of nitrogens with zero attached hydrogens (tertiary/aromatic N) is 1. The van der Waals surface area contributed by atoms with Gasteiger partial charge in [0.05, 0.1) is 7.11 Å². The Morgan fingerprint density at radius 2 is 1.90 bits per heavy atom. The van der Waals surface area contributed by atoms with Gasteiger partial charge >= 0.3 is 5.97 Å². The molecule has 7 heteroatoms. The van der Waals surface area contributed by atoms with Gasteiger partial charge in [0, 0.05) is 17.7 Å². The number of benzene rings is 2. The van der Waals surface area contributed by atoms with Gasteiger partial charge in [-0.25, -0.2) is 4.79 Å². The third-order valence-electron chi connectivity index (χ3n) is 3.96. The van der Waals surface area contributed by atoms with E-state index in [1.165, 1.54) is 6.08 Å². The zero-order chi connectivity index (χ0) is 20.6. The van der Waals surface area contributed by atoms with Crippen LogP contribution in [0.1, 0.15) is 23.0 Å². The average Bonchev–Trinajstić information content (AvgIpc) is 3.15. The van der Waals surface area contributed by atoms with Crippen LogP contribution in [0.3, 0.4) is 0 Å². The molecule has 3 aromatic rings. The molecular formula is C22H20N2O5. The number of esters is 1. The van der Waals surface area contributed by atoms with Crippen molar-refractivity contribution in [3.8, 4) is 5.75 Å². The van der Waals surface area contributed by atoms with E-state index in [0.717, 1.165) is 5.56 Å². The lowest BCUT2D eigenvalue weighted by molar-refractivity contribution is -0.149. The fourth-order valence-corrected chi connectivity index (χ4v) is 2.58. The number of nitrogens with one attached hydrogen (secondary N) is 1. The van der Waals surface area contributed by atoms with Crippen LogP contribution in [0.2, 0.25) is 0 Å². The first-order chi connectivity index (χ1) is 14.0. The van der Waals surface area contributed by atoms with Gasteiger partial charge in [0.25, 0.3) is 5.91 Å². The Bertz CT molecular complexity index is 1010. The number of aromatic nitrogens is 1. The molecule has 0 saturated heterocycles. The Balaban J connectivity index is 1.74. The summed E-state index contributed by atoms with van der Waals surface area (Å²) in [6.07, 6.45) is 1.71. The first-order valence-corrected chi connectivity index (χ1v) is 8.87. The van der Waals surface area contributed by atoms with E-state index >= 15 is 0 Å². The molecule has 0 bridgehead atoms. The van der Waals surface area contributed by atoms with Crippen molar-refractivity contribution in [2.75, 3.05) is 12.4 Å². The molecule has 7 nitrogen and oxygen atoms in total. The number of ether oxygens (including phenoxy) is 2. The molecule has 1 unspecified atom stereocenters. The maximum absolute atomic E-state index is 12.7. The number of methoxy groups -OCH3 is 1. The number of amides is 1. The lowest BCUT2D eigenvalue weighted by atomic mass is 10.1. The van der Waals surface area contributed by atoms with Gasteiger partial charge in [0.1, 0.15) is 11.5 Å². The Morgan fingerprint density at radius 1 is 1.10 bits per heavy atom. The van der Waals surface area contributed by atoms with Crippen molar-refractivity contribution in [2.24, 2.45) is 0 Å². The Kier molecular flexibility index (Phi) is 6.42. The molecule has 1 amide bonds. The molecule has 1 heterocycles. The van der Waals surface area contributed by atoms with Crippen molar-refractivity contribution in [3.05, 3.63) is 83.6 Å². The number of aryl methyl sites for hydroxylation is 1. The molecular weight excluding hydrogens is 372 g/mol. The minimum atomic E-state index is -1.14. The van der Waals surface area contributed by atoms with E-state index in [-0.39, 0.29) is 5.82 Å². The van der Waals surface area contributed by atoms with Crippen LogP contribution < -0.4 is 10.1 Å². The van der Waals surface area contributed by atoms with Crippen LogP contribution in [-0.4, -0.2) is 24.1 Å². The molecule has 0 aliphatic rings. The van der Waals surface area contributed by atoms with E-state index in [0.29, 0.717) is 17.1 Å². The monoisotopic (exact) mass is 392 g/mol. The van der Waals surface area contributed by atoms with E-state index in [2.05, 4.69) is 10.5 Å². The maximum Gasteiger partial charge on any atom is 0.331 e. The number of hydrogen-bond acceptors (Lipinski definition) is 6. The first-order valence-electron chi connectivity index (χ1n) is 8.87. The molecule has 2 aromatic carbocycles. The van der Waals surface area contributed by atoms with Crippen LogP contribution in [0.15, 0.2) is 71.3 Å². The van der Waals surface area contributed by atoms with Gasteiger partial charge in [-0.2, -0.15) is 0 Å². The molecule has 29 heavy (non-hydrogen) atoms. The van der Waals surface area contributed by atoms with Crippen molar-refractivity contribution in [1.29, 1.82) is 0 Å². The highest BCUT2D eigenvalue weighted by Crippen LogP contribution is 2.21. The fraction of sp³-hybridized carbons (Fsp3) is 0.136. The average molecular weight is 392 g/mol. The number of carbonyl (C=O) groups excluding carboxylic acids is 2. The maximum atomic E-state index is 12.7. The first kappa shape index (κ1) is 19.9. The van der Waals surface area contributed by atoms with Crippen molar-refractivity contribution in [2.45, 2.75) is 13.0 Å². The fourth-order valence-electron chi connectivity index (χ4n) is 2.58. The van der Waals surface area contributed by atoms with Crippen LogP contribution in [-0.2, 0) is 14.3 Å². The van der Waals surface area contributed by atoms with Crippen molar-refractivity contribution in [1.82, 2.24) is 5.16 Å². The summed E-state index contributed by atoms with van der Waals surface area (Å²) in [6, 6.07) is 17.5. The zero-order valence-corrected chi connectivity index (χ0v) is 16.0. The van der Waals surface area contributed by atoms with Gasteiger partial charge < -0.3 is 19.3 Å². The standard InChI is InChI=1S/C22H20N2O5/c1-15-13-19(24-29-15)23-22(26)21(17-8-4-3-5-9-17)28-20(25)12-11-16-7-6-10-18(14-16)27-2/h3-14,21H,1-2H3,(H,23,24,26)/b12-11+. The van der Waals surface area contributed by atoms with Gasteiger partial charge in [-0.15, -0.1) is 0 Å². The molecule has 148 valence electrons. The van der Waals surface area contributed by atoms with E-state index in [1.807, 2.05) is 18.2 Å². The van der Waals surface area contributed by atoms with E-state index in [9.17, 15) is 9.59 Å². The van der Waals surface area contributed by atoms with Crippen LogP contribution in [0.25, 0.3) is 6.08 Å². The van der Waals surface area contributed by atoms with Crippen LogP contribution >= 0.6 is 0 Å². The molecule has 1 atom stereocenters. The van der Waals surface area contributed by atoms with Crippen LogP contribution in [0.5, 0.6) is 5.75 Å². The summed E-state index contributed by atoms with van der Waals surface area (Å²) in [6.45, 7) is 1.71. The summed E-state index contributed by atoms with van der Waals surface area (Å²) in [4.78, 5) is 25.1. The quantitative estimate of drug-likeness (QED) is 0.484. The van der Waals surface area contributed by atoms with Gasteiger partial charge in [-0.3, -0.25) is 4.79 Å². The van der Waals surface area contributed by atoms with Crippen molar-refractivity contribution >= 4 is 23.8 Å². The molecule has 0 spiro atoms. The molecule has 0 radical (unpaired) electrons. The zero-order valence-electron chi connectivity index (χ0n) is 16.0. The normalized spacial score (nSPS) is 11.8. The van der Waals surface area contributed by atoms with Crippen molar-refractivity contribution < 1.29 is 23.6 Å². The predicted octanol–water partition coefficient (Wildman–Crippen LogP) is 3.93. The summed E-state index contributed by atoms with van der Waals surface area (Å²) in [5.41, 5.74) is 1.30. The minimum Gasteiger partial charge on any atom is -0.497 e. The summed E-state index contributed by atoms with van der Waals surface area (Å²) in [5.74, 6) is 0.275. The van der Waals surface area contributed by atoms with Gasteiger partial charge in [-0.05, 0) is 30.7 Å². The number of anilines is 1. The van der Waals surface area contributed by atoms with Crippen LogP contribution in [0.4, 0.5) is 5.82 Å². The summed E-state index contributed by atoms with van der Waals surface area (Å²) in [5, 5.41) is 6.32. The highest BCUT2D eigenvalue weighted by Gasteiger charge is 2.25. The highest BCUT2D eigenvalue weighted by molar-refractivity contribution is 5.97. The predicted molar refractivity (Wildman–Crippen MR) is 107 cm³/mol. The van der Waals surface area contributed by atoms with Gasteiger partial charge in [-0.1, -0.05) is 47.6 Å². The molecule has 3 rings (SSSR count). The second-order valence-corrected chi connectivity index (χ2v) is 6.15. The van der Waals surface area contributed by atoms with E-state index in [4.69, 9.17) is 14.0 Å². The Labute approximate surface area is 167 Å². The van der Waals surface area contributed by atoms with Crippen molar-refractivity contribution in [3.63, 3.8) is 0 Å².